The van der Waals surface area contributed by atoms with Gasteiger partial charge in [-0.25, -0.2) is 8.42 Å². The maximum absolute atomic E-state index is 12.1. The number of hydrogen-bond acceptors (Lipinski definition) is 4. The first-order valence-electron chi connectivity index (χ1n) is 5.94. The fraction of sp³-hybridized carbons (Fsp3) is 1.00. The molecule has 2 unspecified atom stereocenters. The van der Waals surface area contributed by atoms with E-state index in [0.29, 0.717) is 19.7 Å². The van der Waals surface area contributed by atoms with Gasteiger partial charge in [-0.1, -0.05) is 0 Å². The van der Waals surface area contributed by atoms with Crippen molar-refractivity contribution in [3.05, 3.63) is 0 Å². The van der Waals surface area contributed by atoms with E-state index in [9.17, 15) is 8.42 Å². The predicted octanol–water partition coefficient (Wildman–Crippen LogP) is 0.340. The third-order valence-electron chi connectivity index (χ3n) is 3.37. The second-order valence-corrected chi connectivity index (χ2v) is 6.52. The normalized spacial score (nSPS) is 30.4. The van der Waals surface area contributed by atoms with E-state index in [1.54, 1.807) is 4.31 Å². The van der Waals surface area contributed by atoms with Gasteiger partial charge in [-0.3, -0.25) is 0 Å². The predicted molar refractivity (Wildman–Crippen MR) is 68.8 cm³/mol. The molecule has 2 saturated heterocycles. The van der Waals surface area contributed by atoms with Crippen LogP contribution in [-0.2, 0) is 14.8 Å². The van der Waals surface area contributed by atoms with Gasteiger partial charge in [0.25, 0.3) is 0 Å². The molecule has 7 heteroatoms. The van der Waals surface area contributed by atoms with Crippen LogP contribution in [0.5, 0.6) is 0 Å². The number of nitrogens with zero attached hydrogens (tertiary/aromatic N) is 1. The zero-order valence-electron chi connectivity index (χ0n) is 9.88. The maximum Gasteiger partial charge on any atom is 0.216 e. The lowest BCUT2D eigenvalue weighted by atomic mass is 10.2. The third kappa shape index (κ3) is 3.54. The first-order chi connectivity index (χ1) is 7.63. The van der Waals surface area contributed by atoms with E-state index in [1.807, 2.05) is 0 Å². The fourth-order valence-electron chi connectivity index (χ4n) is 2.52. The van der Waals surface area contributed by atoms with Crippen LogP contribution in [0.1, 0.15) is 25.7 Å². The van der Waals surface area contributed by atoms with Crippen LogP contribution in [0, 0.1) is 0 Å². The summed E-state index contributed by atoms with van der Waals surface area (Å²) in [6, 6.07) is 0.00593. The Labute approximate surface area is 109 Å². The lowest BCUT2D eigenvalue weighted by Crippen LogP contribution is -2.43. The molecule has 2 aliphatic rings. The van der Waals surface area contributed by atoms with Crippen molar-refractivity contribution in [1.82, 2.24) is 4.31 Å². The standard InChI is InChI=1S/C10H20N2O3S.ClH/c11-7-9-3-1-5-12(9)16(13,14)8-10-4-2-6-15-10;/h9-10H,1-8,11H2;1H. The van der Waals surface area contributed by atoms with E-state index >= 15 is 0 Å². The van der Waals surface area contributed by atoms with Crippen molar-refractivity contribution in [2.24, 2.45) is 5.73 Å². The Kier molecular flexibility index (Phi) is 5.66. The molecule has 0 aromatic heterocycles. The summed E-state index contributed by atoms with van der Waals surface area (Å²) in [5.74, 6) is 0.128. The molecular formula is C10H21ClN2O3S. The summed E-state index contributed by atoms with van der Waals surface area (Å²) in [5.41, 5.74) is 5.59. The first-order valence-corrected chi connectivity index (χ1v) is 7.55. The fourth-order valence-corrected chi connectivity index (χ4v) is 4.49. The Balaban J connectivity index is 0.00000144. The van der Waals surface area contributed by atoms with Crippen LogP contribution in [0.15, 0.2) is 0 Å². The highest BCUT2D eigenvalue weighted by Crippen LogP contribution is 2.23. The molecule has 0 amide bonds. The molecule has 0 aromatic rings. The summed E-state index contributed by atoms with van der Waals surface area (Å²) in [7, 11) is -3.18. The van der Waals surface area contributed by atoms with Gasteiger partial charge in [0.2, 0.25) is 10.0 Å². The van der Waals surface area contributed by atoms with Gasteiger partial charge < -0.3 is 10.5 Å². The average Bonchev–Trinajstić information content (AvgIpc) is 2.85. The molecule has 102 valence electrons. The van der Waals surface area contributed by atoms with Crippen LogP contribution < -0.4 is 5.73 Å². The van der Waals surface area contributed by atoms with Gasteiger partial charge in [-0.2, -0.15) is 4.31 Å². The minimum absolute atomic E-state index is 0. The summed E-state index contributed by atoms with van der Waals surface area (Å²) in [5, 5.41) is 0. The summed E-state index contributed by atoms with van der Waals surface area (Å²) >= 11 is 0. The van der Waals surface area contributed by atoms with Crippen molar-refractivity contribution in [2.45, 2.75) is 37.8 Å². The second-order valence-electron chi connectivity index (χ2n) is 4.56. The van der Waals surface area contributed by atoms with Crippen molar-refractivity contribution < 1.29 is 13.2 Å². The first kappa shape index (κ1) is 15.2. The molecule has 0 aromatic carbocycles. The highest BCUT2D eigenvalue weighted by molar-refractivity contribution is 7.89. The van der Waals surface area contributed by atoms with Crippen LogP contribution in [0.2, 0.25) is 0 Å². The van der Waals surface area contributed by atoms with E-state index in [1.165, 1.54) is 0 Å². The van der Waals surface area contributed by atoms with Crippen LogP contribution in [0.4, 0.5) is 0 Å². The topological polar surface area (TPSA) is 72.6 Å². The molecule has 0 radical (unpaired) electrons. The lowest BCUT2D eigenvalue weighted by molar-refractivity contribution is 0.126. The molecule has 2 fully saturated rings. The highest BCUT2D eigenvalue weighted by Gasteiger charge is 2.35. The number of halogens is 1. The highest BCUT2D eigenvalue weighted by atomic mass is 35.5. The van der Waals surface area contributed by atoms with Gasteiger partial charge in [0, 0.05) is 25.7 Å². The number of hydrogen-bond donors (Lipinski definition) is 1. The monoisotopic (exact) mass is 284 g/mol. The van der Waals surface area contributed by atoms with Crippen molar-refractivity contribution in [3.63, 3.8) is 0 Å². The van der Waals surface area contributed by atoms with Crippen molar-refractivity contribution in [2.75, 3.05) is 25.4 Å². The van der Waals surface area contributed by atoms with Gasteiger partial charge in [-0.15, -0.1) is 12.4 Å². The summed E-state index contributed by atoms with van der Waals surface area (Å²) < 4.78 is 31.3. The zero-order valence-corrected chi connectivity index (χ0v) is 11.5. The minimum atomic E-state index is -3.18. The third-order valence-corrected chi connectivity index (χ3v) is 5.36. The number of nitrogens with two attached hydrogens (primary N) is 1. The molecular weight excluding hydrogens is 264 g/mol. The molecule has 0 spiro atoms. The lowest BCUT2D eigenvalue weighted by Gasteiger charge is -2.24. The molecule has 2 atom stereocenters. The van der Waals surface area contributed by atoms with E-state index in [2.05, 4.69) is 0 Å². The number of rotatable bonds is 4. The minimum Gasteiger partial charge on any atom is -0.377 e. The Hall–Kier alpha value is 0.120. The van der Waals surface area contributed by atoms with E-state index in [0.717, 1.165) is 25.7 Å². The van der Waals surface area contributed by atoms with Crippen molar-refractivity contribution in [1.29, 1.82) is 0 Å². The van der Waals surface area contributed by atoms with Crippen LogP contribution >= 0.6 is 12.4 Å². The van der Waals surface area contributed by atoms with Crippen LogP contribution in [-0.4, -0.2) is 50.3 Å². The molecule has 0 aliphatic carbocycles. The van der Waals surface area contributed by atoms with Gasteiger partial charge in [-0.05, 0) is 25.7 Å². The molecule has 17 heavy (non-hydrogen) atoms. The molecule has 2 rings (SSSR count). The van der Waals surface area contributed by atoms with E-state index in [4.69, 9.17) is 10.5 Å². The summed E-state index contributed by atoms with van der Waals surface area (Å²) in [6.07, 6.45) is 3.54. The van der Waals surface area contributed by atoms with Gasteiger partial charge in [0.15, 0.2) is 0 Å². The molecule has 2 aliphatic heterocycles. The number of sulfonamides is 1. The zero-order chi connectivity index (χ0) is 11.6. The smallest absolute Gasteiger partial charge is 0.216 e. The van der Waals surface area contributed by atoms with Crippen molar-refractivity contribution in [3.8, 4) is 0 Å². The Morgan fingerprint density at radius 1 is 1.29 bits per heavy atom. The van der Waals surface area contributed by atoms with Crippen LogP contribution in [0.3, 0.4) is 0 Å². The Morgan fingerprint density at radius 2 is 2.06 bits per heavy atom. The Morgan fingerprint density at radius 3 is 2.65 bits per heavy atom. The van der Waals surface area contributed by atoms with Crippen LogP contribution in [0.25, 0.3) is 0 Å². The molecule has 0 bridgehead atoms. The number of ether oxygens (including phenoxy) is 1. The summed E-state index contributed by atoms with van der Waals surface area (Å²) in [4.78, 5) is 0. The average molecular weight is 285 g/mol. The van der Waals surface area contributed by atoms with Crippen molar-refractivity contribution >= 4 is 22.4 Å². The largest absolute Gasteiger partial charge is 0.377 e. The SMILES string of the molecule is Cl.NCC1CCCN1S(=O)(=O)CC1CCCO1. The molecule has 2 heterocycles. The van der Waals surface area contributed by atoms with E-state index < -0.39 is 10.0 Å². The van der Waals surface area contributed by atoms with Gasteiger partial charge in [0.1, 0.15) is 0 Å². The van der Waals surface area contributed by atoms with E-state index in [-0.39, 0.29) is 30.3 Å². The van der Waals surface area contributed by atoms with Gasteiger partial charge in [0.05, 0.1) is 11.9 Å². The van der Waals surface area contributed by atoms with Gasteiger partial charge >= 0.3 is 0 Å². The quantitative estimate of drug-likeness (QED) is 0.808. The maximum atomic E-state index is 12.1. The second kappa shape index (κ2) is 6.33. The molecule has 2 N–H and O–H groups in total. The molecule has 0 saturated carbocycles. The summed E-state index contributed by atoms with van der Waals surface area (Å²) in [6.45, 7) is 1.74. The molecule has 5 nitrogen and oxygen atoms in total. The Bertz CT molecular complexity index is 330.